The van der Waals surface area contributed by atoms with Crippen LogP contribution in [-0.2, 0) is 24.3 Å². The number of rotatable bonds is 11. The molecule has 3 aromatic carbocycles. The van der Waals surface area contributed by atoms with Crippen LogP contribution in [0, 0.1) is 0 Å². The standard InChI is InChI=1S/C37H45N5O8Si/c1-35(2,3)51(6,7)50-28-21-30(42-34(44)39-31-32(43)40-33(38)41-37(31,42)45)49-29(28)22-48-36(23-11-9-8-10-12-23,24-13-17-26(46-4)18-14-24)25-15-19-27(47-5)20-16-25/h8-20,28-30,45H,21-22H2,1-7H3,(H3,38,40,41,43)/t28-,29+,30+,37+/m0/s1. The van der Waals surface area contributed by atoms with Crippen molar-refractivity contribution in [3.8, 4) is 11.5 Å². The van der Waals surface area contributed by atoms with Crippen LogP contribution in [0.15, 0.2) is 88.8 Å². The van der Waals surface area contributed by atoms with Gasteiger partial charge in [-0.3, -0.25) is 10.1 Å². The van der Waals surface area contributed by atoms with Crippen molar-refractivity contribution in [1.82, 2.24) is 10.2 Å². The number of methoxy groups -OCH3 is 2. The lowest BCUT2D eigenvalue weighted by Crippen LogP contribution is -2.63. The molecule has 3 aliphatic rings. The lowest BCUT2D eigenvalue weighted by molar-refractivity contribution is -0.141. The van der Waals surface area contributed by atoms with E-state index in [9.17, 15) is 14.7 Å². The monoisotopic (exact) mass is 715 g/mol. The van der Waals surface area contributed by atoms with E-state index in [-0.39, 0.29) is 24.0 Å². The van der Waals surface area contributed by atoms with Gasteiger partial charge in [0, 0.05) is 6.42 Å². The first-order valence-electron chi connectivity index (χ1n) is 16.8. The highest BCUT2D eigenvalue weighted by Gasteiger charge is 2.59. The largest absolute Gasteiger partial charge is 0.497 e. The number of ether oxygens (including phenoxy) is 4. The van der Waals surface area contributed by atoms with Crippen molar-refractivity contribution < 1.29 is 38.1 Å². The van der Waals surface area contributed by atoms with E-state index in [1.165, 1.54) is 0 Å². The minimum atomic E-state index is -2.44. The Morgan fingerprint density at radius 3 is 2.02 bits per heavy atom. The van der Waals surface area contributed by atoms with Crippen molar-refractivity contribution in [2.45, 2.75) is 75.2 Å². The number of amides is 3. The molecule has 4 N–H and O–H groups in total. The van der Waals surface area contributed by atoms with E-state index in [2.05, 4.69) is 49.2 Å². The van der Waals surface area contributed by atoms with E-state index in [0.717, 1.165) is 21.6 Å². The van der Waals surface area contributed by atoms with Gasteiger partial charge in [-0.2, -0.15) is 9.98 Å². The molecule has 0 aromatic heterocycles. The van der Waals surface area contributed by atoms with Gasteiger partial charge >= 0.3 is 6.03 Å². The first kappa shape index (κ1) is 36.2. The molecule has 1 saturated heterocycles. The van der Waals surface area contributed by atoms with Crippen molar-refractivity contribution >= 4 is 31.9 Å². The Morgan fingerprint density at radius 2 is 1.49 bits per heavy atom. The number of fused-ring (bicyclic) bond motifs is 1. The van der Waals surface area contributed by atoms with E-state index in [0.29, 0.717) is 11.5 Å². The number of aliphatic imine (C=N–C) groups is 2. The first-order valence-corrected chi connectivity index (χ1v) is 19.7. The van der Waals surface area contributed by atoms with Crippen molar-refractivity contribution in [2.24, 2.45) is 15.7 Å². The third-order valence-corrected chi connectivity index (χ3v) is 14.7. The van der Waals surface area contributed by atoms with Gasteiger partial charge in [0.25, 0.3) is 11.8 Å². The van der Waals surface area contributed by atoms with Gasteiger partial charge in [-0.05, 0) is 59.1 Å². The molecule has 3 aliphatic heterocycles. The van der Waals surface area contributed by atoms with E-state index < -0.39 is 55.9 Å². The number of benzene rings is 3. The minimum absolute atomic E-state index is 0.00279. The zero-order valence-corrected chi connectivity index (χ0v) is 30.9. The number of aliphatic hydroxyl groups is 1. The average Bonchev–Trinajstić information content (AvgIpc) is 3.60. The Balaban J connectivity index is 1.42. The summed E-state index contributed by atoms with van der Waals surface area (Å²) in [7, 11) is 0.801. The Kier molecular flexibility index (Phi) is 9.59. The van der Waals surface area contributed by atoms with Crippen LogP contribution in [0.2, 0.25) is 18.1 Å². The zero-order valence-electron chi connectivity index (χ0n) is 29.9. The van der Waals surface area contributed by atoms with Crippen molar-refractivity contribution in [3.63, 3.8) is 0 Å². The molecule has 0 saturated carbocycles. The maximum Gasteiger partial charge on any atom is 0.350 e. The maximum absolute atomic E-state index is 13.3. The highest BCUT2D eigenvalue weighted by atomic mass is 28.4. The Morgan fingerprint density at radius 1 is 0.941 bits per heavy atom. The number of nitrogens with two attached hydrogens (primary N) is 1. The Hall–Kier alpha value is -4.60. The molecule has 0 spiro atoms. The van der Waals surface area contributed by atoms with Gasteiger partial charge in [-0.25, -0.2) is 9.69 Å². The average molecular weight is 716 g/mol. The quantitative estimate of drug-likeness (QED) is 0.192. The second kappa shape index (κ2) is 13.5. The number of hydrogen-bond acceptors (Lipinski definition) is 10. The molecule has 3 heterocycles. The Labute approximate surface area is 298 Å². The van der Waals surface area contributed by atoms with E-state index >= 15 is 0 Å². The van der Waals surface area contributed by atoms with E-state index in [1.807, 2.05) is 78.9 Å². The van der Waals surface area contributed by atoms with Crippen LogP contribution in [-0.4, -0.2) is 87.0 Å². The third-order valence-electron chi connectivity index (χ3n) is 10.2. The summed E-state index contributed by atoms with van der Waals surface area (Å²) in [4.78, 5) is 34.8. The van der Waals surface area contributed by atoms with Crippen molar-refractivity contribution in [2.75, 3.05) is 20.8 Å². The molecule has 4 atom stereocenters. The fraction of sp³-hybridized carbons (Fsp3) is 0.405. The van der Waals surface area contributed by atoms with Crippen LogP contribution >= 0.6 is 0 Å². The number of hydrogen-bond donors (Lipinski definition) is 3. The number of nitrogens with one attached hydrogen (secondary N) is 1. The summed E-state index contributed by atoms with van der Waals surface area (Å²) < 4.78 is 31.7. The topological polar surface area (TPSA) is 167 Å². The van der Waals surface area contributed by atoms with Crippen LogP contribution in [0.4, 0.5) is 4.79 Å². The summed E-state index contributed by atoms with van der Waals surface area (Å²) >= 11 is 0. The van der Waals surface area contributed by atoms with Gasteiger partial charge in [0.05, 0.1) is 26.9 Å². The molecule has 6 rings (SSSR count). The highest BCUT2D eigenvalue weighted by molar-refractivity contribution is 6.74. The molecule has 0 aliphatic carbocycles. The molecule has 270 valence electrons. The minimum Gasteiger partial charge on any atom is -0.497 e. The van der Waals surface area contributed by atoms with Gasteiger partial charge in [-0.1, -0.05) is 75.4 Å². The number of urea groups is 1. The van der Waals surface area contributed by atoms with E-state index in [4.69, 9.17) is 29.1 Å². The summed E-state index contributed by atoms with van der Waals surface area (Å²) in [6.07, 6.45) is -2.24. The SMILES string of the molecule is COc1ccc(C(OC[C@H]2O[C@@H](N3C(=O)N=C4C(=O)NC(N)=N[C@]43O)C[C@@H]2O[Si](C)(C)C(C)(C)C)(c2ccccc2)c2ccc(OC)cc2)cc1. The van der Waals surface area contributed by atoms with Crippen LogP contribution < -0.4 is 20.5 Å². The van der Waals surface area contributed by atoms with Crippen molar-refractivity contribution in [3.05, 3.63) is 95.6 Å². The van der Waals surface area contributed by atoms with E-state index in [1.54, 1.807) is 14.2 Å². The highest BCUT2D eigenvalue weighted by Crippen LogP contribution is 2.45. The summed E-state index contributed by atoms with van der Waals surface area (Å²) in [6.45, 7) is 10.7. The molecule has 0 unspecified atom stereocenters. The molecule has 0 radical (unpaired) electrons. The molecule has 3 aromatic rings. The van der Waals surface area contributed by atoms with Crippen molar-refractivity contribution in [1.29, 1.82) is 0 Å². The lowest BCUT2D eigenvalue weighted by Gasteiger charge is -2.40. The van der Waals surface area contributed by atoms with Gasteiger partial charge < -0.3 is 34.2 Å². The van der Waals surface area contributed by atoms with Gasteiger partial charge in [-0.15, -0.1) is 0 Å². The molecular formula is C37H45N5O8Si. The predicted molar refractivity (Wildman–Crippen MR) is 193 cm³/mol. The zero-order chi connectivity index (χ0) is 36.8. The molecular weight excluding hydrogens is 671 g/mol. The molecule has 14 heteroatoms. The number of carbonyl (C=O) groups is 2. The van der Waals surface area contributed by atoms with Gasteiger partial charge in [0.15, 0.2) is 20.0 Å². The fourth-order valence-corrected chi connectivity index (χ4v) is 7.80. The molecule has 13 nitrogen and oxygen atoms in total. The van der Waals surface area contributed by atoms with Crippen LogP contribution in [0.3, 0.4) is 0 Å². The molecule has 3 amide bonds. The molecule has 51 heavy (non-hydrogen) atoms. The normalized spacial score (nSPS) is 23.8. The summed E-state index contributed by atoms with van der Waals surface area (Å²) in [5.74, 6) is -2.23. The summed E-state index contributed by atoms with van der Waals surface area (Å²) in [5, 5.41) is 13.8. The number of nitrogens with zero attached hydrogens (tertiary/aromatic N) is 3. The predicted octanol–water partition coefficient (Wildman–Crippen LogP) is 4.48. The summed E-state index contributed by atoms with van der Waals surface area (Å²) in [6, 6.07) is 24.4. The van der Waals surface area contributed by atoms with Crippen LogP contribution in [0.5, 0.6) is 11.5 Å². The number of carbonyl (C=O) groups excluding carboxylic acids is 2. The smallest absolute Gasteiger partial charge is 0.350 e. The maximum atomic E-state index is 13.3. The fourth-order valence-electron chi connectivity index (χ4n) is 6.45. The van der Waals surface area contributed by atoms with Gasteiger partial charge in [0.1, 0.15) is 29.4 Å². The summed E-state index contributed by atoms with van der Waals surface area (Å²) in [5.41, 5.74) is 6.71. The second-order valence-electron chi connectivity index (χ2n) is 14.3. The molecule has 1 fully saturated rings. The van der Waals surface area contributed by atoms with Crippen LogP contribution in [0.25, 0.3) is 0 Å². The first-order chi connectivity index (χ1) is 24.1. The lowest BCUT2D eigenvalue weighted by atomic mass is 9.80. The molecule has 0 bridgehead atoms. The third kappa shape index (κ3) is 6.53. The second-order valence-corrected chi connectivity index (χ2v) is 19.1. The van der Waals surface area contributed by atoms with Crippen LogP contribution in [0.1, 0.15) is 43.9 Å². The number of guanidine groups is 1. The van der Waals surface area contributed by atoms with Gasteiger partial charge in [0.2, 0.25) is 0 Å². The Bertz CT molecular complexity index is 1780.